The predicted octanol–water partition coefficient (Wildman–Crippen LogP) is 2.78. The standard InChI is InChI=1S/C14H18O5S/c1-4-18-12(15)7-11-9-5-6-10(16-2)14(17-3)13(9)19-8-20-11/h5-6,11H,4,7-8H2,1-3H3. The zero-order valence-electron chi connectivity index (χ0n) is 11.8. The molecule has 1 aromatic rings. The summed E-state index contributed by atoms with van der Waals surface area (Å²) in [6.07, 6.45) is 0.324. The van der Waals surface area contributed by atoms with E-state index in [1.54, 1.807) is 32.9 Å². The van der Waals surface area contributed by atoms with Crippen LogP contribution in [0.2, 0.25) is 0 Å². The van der Waals surface area contributed by atoms with E-state index >= 15 is 0 Å². The van der Waals surface area contributed by atoms with Crippen molar-refractivity contribution >= 4 is 17.7 Å². The average Bonchev–Trinajstić information content (AvgIpc) is 2.46. The van der Waals surface area contributed by atoms with Crippen LogP contribution in [-0.2, 0) is 9.53 Å². The molecule has 1 atom stereocenters. The lowest BCUT2D eigenvalue weighted by atomic mass is 10.1. The number of carbonyl (C=O) groups is 1. The lowest BCUT2D eigenvalue weighted by Gasteiger charge is -2.26. The fraction of sp³-hybridized carbons (Fsp3) is 0.500. The van der Waals surface area contributed by atoms with Crippen LogP contribution in [0.15, 0.2) is 12.1 Å². The van der Waals surface area contributed by atoms with E-state index in [4.69, 9.17) is 18.9 Å². The molecule has 0 aromatic heterocycles. The van der Waals surface area contributed by atoms with Gasteiger partial charge in [-0.05, 0) is 13.0 Å². The zero-order valence-corrected chi connectivity index (χ0v) is 12.6. The van der Waals surface area contributed by atoms with Crippen LogP contribution in [0.1, 0.15) is 24.2 Å². The molecule has 0 bridgehead atoms. The highest BCUT2D eigenvalue weighted by molar-refractivity contribution is 7.99. The number of rotatable bonds is 5. The number of methoxy groups -OCH3 is 2. The first kappa shape index (κ1) is 14.8. The van der Waals surface area contributed by atoms with Crippen LogP contribution in [0, 0.1) is 0 Å². The quantitative estimate of drug-likeness (QED) is 0.779. The van der Waals surface area contributed by atoms with Crippen LogP contribution in [0.4, 0.5) is 0 Å². The molecule has 110 valence electrons. The Morgan fingerprint density at radius 1 is 1.40 bits per heavy atom. The normalized spacial score (nSPS) is 16.9. The molecule has 0 aliphatic carbocycles. The van der Waals surface area contributed by atoms with E-state index in [1.165, 1.54) is 0 Å². The van der Waals surface area contributed by atoms with Gasteiger partial charge >= 0.3 is 5.97 Å². The van der Waals surface area contributed by atoms with E-state index in [-0.39, 0.29) is 11.2 Å². The summed E-state index contributed by atoms with van der Waals surface area (Å²) in [5.41, 5.74) is 0.937. The summed E-state index contributed by atoms with van der Waals surface area (Å²) in [5, 5.41) is 0.0117. The average molecular weight is 298 g/mol. The number of thioether (sulfide) groups is 1. The minimum atomic E-state index is -0.201. The fourth-order valence-corrected chi connectivity index (χ4v) is 3.09. The summed E-state index contributed by atoms with van der Waals surface area (Å²) in [5.74, 6) is 2.11. The van der Waals surface area contributed by atoms with Gasteiger partial charge in [-0.25, -0.2) is 0 Å². The van der Waals surface area contributed by atoms with Crippen molar-refractivity contribution in [1.29, 1.82) is 0 Å². The Kier molecular flexibility index (Phi) is 5.00. The molecule has 1 heterocycles. The summed E-state index contributed by atoms with van der Waals surface area (Å²) >= 11 is 1.57. The molecule has 2 rings (SSSR count). The van der Waals surface area contributed by atoms with Crippen molar-refractivity contribution in [2.75, 3.05) is 26.8 Å². The maximum absolute atomic E-state index is 11.7. The molecule has 1 unspecified atom stereocenters. The van der Waals surface area contributed by atoms with Gasteiger partial charge in [0.15, 0.2) is 11.5 Å². The third-order valence-corrected chi connectivity index (χ3v) is 4.08. The van der Waals surface area contributed by atoms with Crippen molar-refractivity contribution < 1.29 is 23.7 Å². The van der Waals surface area contributed by atoms with E-state index in [0.29, 0.717) is 36.2 Å². The third-order valence-electron chi connectivity index (χ3n) is 3.01. The first-order valence-electron chi connectivity index (χ1n) is 6.36. The monoisotopic (exact) mass is 298 g/mol. The Morgan fingerprint density at radius 3 is 2.85 bits per heavy atom. The van der Waals surface area contributed by atoms with Gasteiger partial charge in [0, 0.05) is 10.8 Å². The smallest absolute Gasteiger partial charge is 0.307 e. The zero-order chi connectivity index (χ0) is 14.5. The molecule has 1 aromatic carbocycles. The number of benzene rings is 1. The molecular formula is C14H18O5S. The van der Waals surface area contributed by atoms with E-state index < -0.39 is 0 Å². The number of fused-ring (bicyclic) bond motifs is 1. The van der Waals surface area contributed by atoms with E-state index in [1.807, 2.05) is 12.1 Å². The second kappa shape index (κ2) is 6.74. The Balaban J connectivity index is 2.29. The summed E-state index contributed by atoms with van der Waals surface area (Å²) in [6.45, 7) is 2.20. The van der Waals surface area contributed by atoms with E-state index in [0.717, 1.165) is 5.56 Å². The topological polar surface area (TPSA) is 54.0 Å². The van der Waals surface area contributed by atoms with Crippen molar-refractivity contribution in [3.8, 4) is 17.2 Å². The molecule has 5 nitrogen and oxygen atoms in total. The fourth-order valence-electron chi connectivity index (χ4n) is 2.12. The molecule has 20 heavy (non-hydrogen) atoms. The Morgan fingerprint density at radius 2 is 2.20 bits per heavy atom. The predicted molar refractivity (Wildman–Crippen MR) is 76.6 cm³/mol. The third kappa shape index (κ3) is 2.95. The highest BCUT2D eigenvalue weighted by Gasteiger charge is 2.29. The largest absolute Gasteiger partial charge is 0.493 e. The van der Waals surface area contributed by atoms with Gasteiger partial charge in [0.2, 0.25) is 5.75 Å². The van der Waals surface area contributed by atoms with Gasteiger partial charge < -0.3 is 18.9 Å². The first-order chi connectivity index (χ1) is 9.71. The van der Waals surface area contributed by atoms with Crippen LogP contribution in [0.25, 0.3) is 0 Å². The molecular weight excluding hydrogens is 280 g/mol. The summed E-state index contributed by atoms with van der Waals surface area (Å²) in [7, 11) is 3.15. The lowest BCUT2D eigenvalue weighted by Crippen LogP contribution is -2.15. The van der Waals surface area contributed by atoms with Gasteiger partial charge in [-0.2, -0.15) is 0 Å². The Bertz CT molecular complexity index is 489. The highest BCUT2D eigenvalue weighted by atomic mass is 32.2. The van der Waals surface area contributed by atoms with Crippen molar-refractivity contribution in [3.05, 3.63) is 17.7 Å². The van der Waals surface area contributed by atoms with Gasteiger partial charge in [0.25, 0.3) is 0 Å². The van der Waals surface area contributed by atoms with Crippen LogP contribution in [0.5, 0.6) is 17.2 Å². The number of carbonyl (C=O) groups excluding carboxylic acids is 1. The Labute approximate surface area is 122 Å². The van der Waals surface area contributed by atoms with Crippen LogP contribution in [0.3, 0.4) is 0 Å². The molecule has 0 N–H and O–H groups in total. The molecule has 1 aliphatic rings. The molecule has 1 aliphatic heterocycles. The van der Waals surface area contributed by atoms with Gasteiger partial charge in [0.05, 0.1) is 27.2 Å². The van der Waals surface area contributed by atoms with E-state index in [2.05, 4.69) is 0 Å². The van der Waals surface area contributed by atoms with Gasteiger partial charge in [-0.15, -0.1) is 11.8 Å². The van der Waals surface area contributed by atoms with Crippen LogP contribution >= 0.6 is 11.8 Å². The van der Waals surface area contributed by atoms with Crippen LogP contribution in [-0.4, -0.2) is 32.7 Å². The van der Waals surface area contributed by atoms with E-state index in [9.17, 15) is 4.79 Å². The summed E-state index contributed by atoms with van der Waals surface area (Å²) < 4.78 is 21.3. The molecule has 0 spiro atoms. The maximum atomic E-state index is 11.7. The van der Waals surface area contributed by atoms with Gasteiger partial charge in [-0.1, -0.05) is 6.07 Å². The van der Waals surface area contributed by atoms with Crippen molar-refractivity contribution in [2.24, 2.45) is 0 Å². The molecule has 6 heteroatoms. The summed E-state index contributed by atoms with van der Waals surface area (Å²) in [4.78, 5) is 11.7. The highest BCUT2D eigenvalue weighted by Crippen LogP contribution is 2.49. The minimum Gasteiger partial charge on any atom is -0.493 e. The first-order valence-corrected chi connectivity index (χ1v) is 7.41. The number of hydrogen-bond donors (Lipinski definition) is 0. The van der Waals surface area contributed by atoms with Gasteiger partial charge in [0.1, 0.15) is 5.94 Å². The molecule has 0 radical (unpaired) electrons. The summed E-state index contributed by atoms with van der Waals surface area (Å²) in [6, 6.07) is 3.73. The minimum absolute atomic E-state index is 0.0117. The SMILES string of the molecule is CCOC(=O)CC1SCOc2c1ccc(OC)c2OC. The molecule has 0 amide bonds. The van der Waals surface area contributed by atoms with Crippen molar-refractivity contribution in [2.45, 2.75) is 18.6 Å². The maximum Gasteiger partial charge on any atom is 0.307 e. The van der Waals surface area contributed by atoms with Crippen molar-refractivity contribution in [3.63, 3.8) is 0 Å². The second-order valence-corrected chi connectivity index (χ2v) is 5.28. The molecule has 0 saturated carbocycles. The number of esters is 1. The number of ether oxygens (including phenoxy) is 4. The second-order valence-electron chi connectivity index (χ2n) is 4.15. The number of hydrogen-bond acceptors (Lipinski definition) is 6. The lowest BCUT2D eigenvalue weighted by molar-refractivity contribution is -0.143. The van der Waals surface area contributed by atoms with Crippen molar-refractivity contribution in [1.82, 2.24) is 0 Å². The molecule has 0 saturated heterocycles. The Hall–Kier alpha value is -1.56. The molecule has 0 fully saturated rings. The van der Waals surface area contributed by atoms with Gasteiger partial charge in [-0.3, -0.25) is 4.79 Å². The van der Waals surface area contributed by atoms with Crippen LogP contribution < -0.4 is 14.2 Å².